The summed E-state index contributed by atoms with van der Waals surface area (Å²) in [7, 11) is 1.29. The largest absolute Gasteiger partial charge is 0.463 e. The zero-order valence-corrected chi connectivity index (χ0v) is 11.3. The Bertz CT molecular complexity index is 195. The molecule has 0 saturated carbocycles. The van der Waals surface area contributed by atoms with E-state index in [1.54, 1.807) is 14.2 Å². The molecule has 0 radical (unpaired) electrons. The van der Waals surface area contributed by atoms with Gasteiger partial charge >= 0.3 is 14.5 Å². The summed E-state index contributed by atoms with van der Waals surface area (Å²) in [4.78, 5) is 10.7. The van der Waals surface area contributed by atoms with Crippen LogP contribution in [0.3, 0.4) is 0 Å². The molecule has 0 spiro atoms. The molecular formula is C9H19ClO4Si. The second kappa shape index (κ2) is 8.91. The van der Waals surface area contributed by atoms with Crippen molar-refractivity contribution in [2.45, 2.75) is 19.0 Å². The maximum atomic E-state index is 10.7. The van der Waals surface area contributed by atoms with E-state index in [4.69, 9.17) is 13.6 Å². The number of halogens is 1. The molecule has 90 valence electrons. The van der Waals surface area contributed by atoms with Crippen LogP contribution < -0.4 is 0 Å². The SMILES string of the molecule is C=CC(=O)OCCC[Si](C)(OC)OC.Cl. The van der Waals surface area contributed by atoms with Gasteiger partial charge in [-0.1, -0.05) is 6.58 Å². The van der Waals surface area contributed by atoms with E-state index < -0.39 is 8.56 Å². The fourth-order valence-corrected chi connectivity index (χ4v) is 2.27. The molecule has 0 aliphatic rings. The minimum atomic E-state index is -2.00. The number of carbonyl (C=O) groups excluding carboxylic acids is 1. The van der Waals surface area contributed by atoms with Gasteiger partial charge in [0.25, 0.3) is 0 Å². The molecule has 0 bridgehead atoms. The van der Waals surface area contributed by atoms with Crippen molar-refractivity contribution in [3.63, 3.8) is 0 Å². The van der Waals surface area contributed by atoms with E-state index in [1.807, 2.05) is 6.55 Å². The smallest absolute Gasteiger partial charge is 0.334 e. The lowest BCUT2D eigenvalue weighted by Crippen LogP contribution is -2.36. The van der Waals surface area contributed by atoms with Crippen LogP contribution in [0.5, 0.6) is 0 Å². The van der Waals surface area contributed by atoms with Crippen molar-refractivity contribution in [3.05, 3.63) is 12.7 Å². The van der Waals surface area contributed by atoms with Crippen molar-refractivity contribution >= 4 is 26.9 Å². The molecule has 0 amide bonds. The highest BCUT2D eigenvalue weighted by molar-refractivity contribution is 6.65. The molecule has 0 aromatic rings. The van der Waals surface area contributed by atoms with Crippen molar-refractivity contribution in [1.82, 2.24) is 0 Å². The Balaban J connectivity index is 0. The summed E-state index contributed by atoms with van der Waals surface area (Å²) in [6, 6.07) is 0.810. The third-order valence-electron chi connectivity index (χ3n) is 2.05. The van der Waals surface area contributed by atoms with Crippen LogP contribution in [0.15, 0.2) is 12.7 Å². The second-order valence-corrected chi connectivity index (χ2v) is 6.60. The minimum Gasteiger partial charge on any atom is -0.463 e. The Kier molecular flexibility index (Phi) is 10.1. The van der Waals surface area contributed by atoms with Crippen LogP contribution in [0.1, 0.15) is 6.42 Å². The Morgan fingerprint density at radius 1 is 1.40 bits per heavy atom. The van der Waals surface area contributed by atoms with Crippen molar-refractivity contribution in [2.75, 3.05) is 20.8 Å². The molecule has 0 aromatic heterocycles. The molecule has 0 aliphatic carbocycles. The predicted octanol–water partition coefficient (Wildman–Crippen LogP) is 1.89. The normalized spacial score (nSPS) is 10.3. The molecule has 4 nitrogen and oxygen atoms in total. The molecule has 0 N–H and O–H groups in total. The third-order valence-corrected chi connectivity index (χ3v) is 5.04. The topological polar surface area (TPSA) is 44.8 Å². The Morgan fingerprint density at radius 2 is 1.93 bits per heavy atom. The summed E-state index contributed by atoms with van der Waals surface area (Å²) in [5.41, 5.74) is 0. The highest BCUT2D eigenvalue weighted by Crippen LogP contribution is 2.13. The molecule has 0 saturated heterocycles. The van der Waals surface area contributed by atoms with Crippen LogP contribution in [0.2, 0.25) is 12.6 Å². The first-order chi connectivity index (χ1) is 6.58. The van der Waals surface area contributed by atoms with Gasteiger partial charge in [-0.3, -0.25) is 0 Å². The van der Waals surface area contributed by atoms with Gasteiger partial charge in [-0.15, -0.1) is 12.4 Å². The summed E-state index contributed by atoms with van der Waals surface area (Å²) in [6.45, 7) is 5.67. The van der Waals surface area contributed by atoms with E-state index in [9.17, 15) is 4.79 Å². The second-order valence-electron chi connectivity index (χ2n) is 3.02. The van der Waals surface area contributed by atoms with Gasteiger partial charge in [-0.2, -0.15) is 0 Å². The monoisotopic (exact) mass is 254 g/mol. The average molecular weight is 255 g/mol. The van der Waals surface area contributed by atoms with Crippen LogP contribution >= 0.6 is 12.4 Å². The maximum absolute atomic E-state index is 10.7. The van der Waals surface area contributed by atoms with Crippen LogP contribution in [-0.2, 0) is 18.4 Å². The lowest BCUT2D eigenvalue weighted by atomic mass is 10.5. The molecule has 0 atom stereocenters. The fourth-order valence-electron chi connectivity index (χ4n) is 0.912. The van der Waals surface area contributed by atoms with Crippen LogP contribution in [0, 0.1) is 0 Å². The number of hydrogen-bond acceptors (Lipinski definition) is 4. The molecule has 0 fully saturated rings. The van der Waals surface area contributed by atoms with E-state index in [1.165, 1.54) is 0 Å². The first kappa shape index (κ1) is 17.0. The zero-order valence-electron chi connectivity index (χ0n) is 9.45. The standard InChI is InChI=1S/C9H18O4Si.ClH/c1-5-9(10)13-7-6-8-14(4,11-2)12-3;/h5H,1,6-8H2,2-4H3;1H. The quantitative estimate of drug-likeness (QED) is 0.301. The predicted molar refractivity (Wildman–Crippen MR) is 63.5 cm³/mol. The molecule has 0 unspecified atom stereocenters. The van der Waals surface area contributed by atoms with Gasteiger partial charge in [0.15, 0.2) is 0 Å². The van der Waals surface area contributed by atoms with E-state index in [0.717, 1.165) is 18.5 Å². The molecule has 0 aromatic carbocycles. The first-order valence-electron chi connectivity index (χ1n) is 4.47. The van der Waals surface area contributed by atoms with Gasteiger partial charge in [0.2, 0.25) is 0 Å². The summed E-state index contributed by atoms with van der Waals surface area (Å²) in [6.07, 6.45) is 1.91. The van der Waals surface area contributed by atoms with Crippen molar-refractivity contribution in [2.24, 2.45) is 0 Å². The lowest BCUT2D eigenvalue weighted by molar-refractivity contribution is -0.137. The van der Waals surface area contributed by atoms with Crippen LogP contribution in [-0.4, -0.2) is 35.4 Å². The molecule has 6 heteroatoms. The zero-order chi connectivity index (χ0) is 11.0. The summed E-state index contributed by atoms with van der Waals surface area (Å²) >= 11 is 0. The van der Waals surface area contributed by atoms with Crippen LogP contribution in [0.4, 0.5) is 0 Å². The first-order valence-corrected chi connectivity index (χ1v) is 7.00. The van der Waals surface area contributed by atoms with E-state index in [0.29, 0.717) is 6.61 Å². The number of esters is 1. The molecule has 0 rings (SSSR count). The van der Waals surface area contributed by atoms with Gasteiger partial charge in [0, 0.05) is 20.3 Å². The lowest BCUT2D eigenvalue weighted by Gasteiger charge is -2.22. The summed E-state index contributed by atoms with van der Waals surface area (Å²) in [5, 5.41) is 0. The average Bonchev–Trinajstić information content (AvgIpc) is 2.23. The summed E-state index contributed by atoms with van der Waals surface area (Å²) < 4.78 is 15.4. The molecular weight excluding hydrogens is 236 g/mol. The third kappa shape index (κ3) is 7.55. The van der Waals surface area contributed by atoms with Crippen molar-refractivity contribution in [3.8, 4) is 0 Å². The number of ether oxygens (including phenoxy) is 1. The molecule has 15 heavy (non-hydrogen) atoms. The number of rotatable bonds is 7. The highest BCUT2D eigenvalue weighted by atomic mass is 35.5. The van der Waals surface area contributed by atoms with Gasteiger partial charge in [-0.25, -0.2) is 4.79 Å². The minimum absolute atomic E-state index is 0. The van der Waals surface area contributed by atoms with Crippen molar-refractivity contribution in [1.29, 1.82) is 0 Å². The van der Waals surface area contributed by atoms with E-state index in [-0.39, 0.29) is 18.4 Å². The number of carbonyl (C=O) groups is 1. The van der Waals surface area contributed by atoms with Gasteiger partial charge in [0.05, 0.1) is 6.61 Å². The Morgan fingerprint density at radius 3 is 2.33 bits per heavy atom. The van der Waals surface area contributed by atoms with Gasteiger partial charge < -0.3 is 13.6 Å². The fraction of sp³-hybridized carbons (Fsp3) is 0.667. The van der Waals surface area contributed by atoms with Crippen molar-refractivity contribution < 1.29 is 18.4 Å². The Hall–Kier alpha value is -0.363. The maximum Gasteiger partial charge on any atom is 0.334 e. The summed E-state index contributed by atoms with van der Waals surface area (Å²) in [5.74, 6) is -0.386. The highest BCUT2D eigenvalue weighted by Gasteiger charge is 2.27. The Labute approximate surface area is 98.3 Å². The number of hydrogen-bond donors (Lipinski definition) is 0. The van der Waals surface area contributed by atoms with E-state index >= 15 is 0 Å². The van der Waals surface area contributed by atoms with Gasteiger partial charge in [-0.05, 0) is 19.0 Å². The van der Waals surface area contributed by atoms with E-state index in [2.05, 4.69) is 6.58 Å². The van der Waals surface area contributed by atoms with Gasteiger partial charge in [0.1, 0.15) is 0 Å². The molecule has 0 aliphatic heterocycles. The van der Waals surface area contributed by atoms with Crippen LogP contribution in [0.25, 0.3) is 0 Å². The molecule has 0 heterocycles.